The Morgan fingerprint density at radius 3 is 3.00 bits per heavy atom. The van der Waals surface area contributed by atoms with E-state index >= 15 is 0 Å². The number of aromatic nitrogens is 2. The molecule has 0 unspecified atom stereocenters. The highest BCUT2D eigenvalue weighted by molar-refractivity contribution is 7.71. The van der Waals surface area contributed by atoms with Gasteiger partial charge in [-0.05, 0) is 43.6 Å². The Labute approximate surface area is 115 Å². The van der Waals surface area contributed by atoms with E-state index in [0.717, 1.165) is 48.4 Å². The molecule has 98 valence electrons. The van der Waals surface area contributed by atoms with Crippen LogP contribution in [0.3, 0.4) is 0 Å². The van der Waals surface area contributed by atoms with Crippen LogP contribution < -0.4 is 5.32 Å². The van der Waals surface area contributed by atoms with Gasteiger partial charge in [0.1, 0.15) is 11.6 Å². The van der Waals surface area contributed by atoms with Crippen molar-refractivity contribution >= 4 is 18.0 Å². The summed E-state index contributed by atoms with van der Waals surface area (Å²) in [6.07, 6.45) is 3.12. The highest BCUT2D eigenvalue weighted by Crippen LogP contribution is 2.29. The number of hydrogen-bond acceptors (Lipinski definition) is 3. The van der Waals surface area contributed by atoms with Crippen molar-refractivity contribution in [3.8, 4) is 11.3 Å². The average molecular weight is 275 g/mol. The van der Waals surface area contributed by atoms with Crippen LogP contribution >= 0.6 is 12.2 Å². The summed E-state index contributed by atoms with van der Waals surface area (Å²) in [4.78, 5) is 7.44. The normalized spacial score (nSPS) is 14.4. The second-order valence-electron chi connectivity index (χ2n) is 4.64. The molecule has 0 radical (unpaired) electrons. The van der Waals surface area contributed by atoms with Gasteiger partial charge in [-0.15, -0.1) is 0 Å². The number of anilines is 1. The lowest BCUT2D eigenvalue weighted by molar-refractivity contribution is 0.628. The fourth-order valence-corrected chi connectivity index (χ4v) is 2.60. The zero-order valence-electron chi connectivity index (χ0n) is 10.4. The van der Waals surface area contributed by atoms with E-state index in [4.69, 9.17) is 12.2 Å². The van der Waals surface area contributed by atoms with Crippen LogP contribution in [0.4, 0.5) is 10.2 Å². The monoisotopic (exact) mass is 275 g/mol. The van der Waals surface area contributed by atoms with Gasteiger partial charge in [0, 0.05) is 17.7 Å². The molecule has 0 atom stereocenters. The summed E-state index contributed by atoms with van der Waals surface area (Å²) in [5.41, 5.74) is 2.79. The molecule has 2 heterocycles. The van der Waals surface area contributed by atoms with Gasteiger partial charge in [0.05, 0.1) is 5.69 Å². The molecule has 0 saturated heterocycles. The molecule has 1 aromatic carbocycles. The van der Waals surface area contributed by atoms with Crippen LogP contribution in [0.25, 0.3) is 11.3 Å². The predicted molar refractivity (Wildman–Crippen MR) is 76.2 cm³/mol. The van der Waals surface area contributed by atoms with Gasteiger partial charge in [-0.3, -0.25) is 0 Å². The first-order valence-electron chi connectivity index (χ1n) is 6.37. The highest BCUT2D eigenvalue weighted by atomic mass is 32.1. The summed E-state index contributed by atoms with van der Waals surface area (Å²) in [7, 11) is 0. The van der Waals surface area contributed by atoms with Gasteiger partial charge in [-0.2, -0.15) is 0 Å². The lowest BCUT2D eigenvalue weighted by Gasteiger charge is -2.12. The van der Waals surface area contributed by atoms with E-state index in [1.165, 1.54) is 12.1 Å². The maximum Gasteiger partial charge on any atom is 0.199 e. The molecular formula is C14H14FN3S. The number of rotatable bonds is 1. The topological polar surface area (TPSA) is 40.7 Å². The van der Waals surface area contributed by atoms with Crippen molar-refractivity contribution in [2.75, 3.05) is 11.9 Å². The van der Waals surface area contributed by atoms with E-state index < -0.39 is 0 Å². The summed E-state index contributed by atoms with van der Waals surface area (Å²) < 4.78 is 13.8. The molecule has 0 amide bonds. The predicted octanol–water partition coefficient (Wildman–Crippen LogP) is 3.69. The van der Waals surface area contributed by atoms with Gasteiger partial charge in [0.15, 0.2) is 4.77 Å². The molecule has 1 aromatic heterocycles. The van der Waals surface area contributed by atoms with Crippen molar-refractivity contribution in [3.63, 3.8) is 0 Å². The third-order valence-corrected chi connectivity index (χ3v) is 3.49. The quantitative estimate of drug-likeness (QED) is 0.780. The van der Waals surface area contributed by atoms with E-state index in [1.807, 2.05) is 6.07 Å². The molecule has 0 saturated carbocycles. The second-order valence-corrected chi connectivity index (χ2v) is 5.03. The molecule has 1 aliphatic heterocycles. The van der Waals surface area contributed by atoms with Gasteiger partial charge in [-0.1, -0.05) is 12.1 Å². The second kappa shape index (κ2) is 5.09. The summed E-state index contributed by atoms with van der Waals surface area (Å²) in [6.45, 7) is 0.904. The van der Waals surface area contributed by atoms with Crippen LogP contribution in [0.2, 0.25) is 0 Å². The Kier molecular flexibility index (Phi) is 3.29. The standard InChI is InChI=1S/C14H14FN3S/c15-10-5-3-4-9(8-10)12-11-6-1-2-7-16-13(11)18-14(19)17-12/h3-5,8H,1-2,6-7H2,(H2,16,17,18,19). The van der Waals surface area contributed by atoms with Crippen LogP contribution in [0.5, 0.6) is 0 Å². The minimum absolute atomic E-state index is 0.246. The molecular weight excluding hydrogens is 261 g/mol. The zero-order valence-corrected chi connectivity index (χ0v) is 11.2. The van der Waals surface area contributed by atoms with Gasteiger partial charge >= 0.3 is 0 Å². The molecule has 0 spiro atoms. The number of nitrogens with one attached hydrogen (secondary N) is 2. The summed E-state index contributed by atoms with van der Waals surface area (Å²) in [5, 5.41) is 3.30. The fourth-order valence-electron chi connectivity index (χ4n) is 2.41. The summed E-state index contributed by atoms with van der Waals surface area (Å²) >= 11 is 5.16. The fraction of sp³-hybridized carbons (Fsp3) is 0.286. The van der Waals surface area contributed by atoms with Crippen molar-refractivity contribution in [3.05, 3.63) is 40.4 Å². The summed E-state index contributed by atoms with van der Waals surface area (Å²) in [5.74, 6) is 0.587. The molecule has 0 aliphatic carbocycles. The molecule has 3 nitrogen and oxygen atoms in total. The maximum absolute atomic E-state index is 13.4. The minimum Gasteiger partial charge on any atom is -0.370 e. The van der Waals surface area contributed by atoms with Crippen molar-refractivity contribution < 1.29 is 4.39 Å². The molecule has 1 aliphatic rings. The molecule has 0 bridgehead atoms. The first kappa shape index (κ1) is 12.3. The Bertz CT molecular complexity index is 666. The molecule has 3 rings (SSSR count). The number of halogens is 1. The van der Waals surface area contributed by atoms with E-state index in [9.17, 15) is 4.39 Å². The number of aromatic amines is 1. The third kappa shape index (κ3) is 2.51. The smallest absolute Gasteiger partial charge is 0.199 e. The molecule has 0 fully saturated rings. The molecule has 2 aromatic rings. The lowest BCUT2D eigenvalue weighted by atomic mass is 10.0. The number of fused-ring (bicyclic) bond motifs is 1. The Hall–Kier alpha value is -1.75. The average Bonchev–Trinajstić information content (AvgIpc) is 2.63. The van der Waals surface area contributed by atoms with E-state index in [0.29, 0.717) is 4.77 Å². The van der Waals surface area contributed by atoms with Crippen LogP contribution in [0.15, 0.2) is 24.3 Å². The van der Waals surface area contributed by atoms with Gasteiger partial charge in [0.25, 0.3) is 0 Å². The van der Waals surface area contributed by atoms with Crippen molar-refractivity contribution in [2.24, 2.45) is 0 Å². The van der Waals surface area contributed by atoms with E-state index in [2.05, 4.69) is 15.3 Å². The van der Waals surface area contributed by atoms with Crippen LogP contribution in [0.1, 0.15) is 18.4 Å². The van der Waals surface area contributed by atoms with Crippen LogP contribution in [0, 0.1) is 10.6 Å². The number of hydrogen-bond donors (Lipinski definition) is 2. The highest BCUT2D eigenvalue weighted by Gasteiger charge is 2.15. The minimum atomic E-state index is -0.246. The van der Waals surface area contributed by atoms with Gasteiger partial charge in [0.2, 0.25) is 0 Å². The first-order valence-corrected chi connectivity index (χ1v) is 6.78. The first-order chi connectivity index (χ1) is 9.24. The molecule has 19 heavy (non-hydrogen) atoms. The van der Waals surface area contributed by atoms with E-state index in [1.54, 1.807) is 6.07 Å². The summed E-state index contributed by atoms with van der Waals surface area (Å²) in [6, 6.07) is 6.55. The lowest BCUT2D eigenvalue weighted by Crippen LogP contribution is -2.05. The number of nitrogens with zero attached hydrogens (tertiary/aromatic N) is 1. The van der Waals surface area contributed by atoms with E-state index in [-0.39, 0.29) is 5.82 Å². The van der Waals surface area contributed by atoms with Gasteiger partial charge in [-0.25, -0.2) is 9.37 Å². The Morgan fingerprint density at radius 1 is 1.26 bits per heavy atom. The van der Waals surface area contributed by atoms with Crippen LogP contribution in [-0.2, 0) is 6.42 Å². The molecule has 5 heteroatoms. The van der Waals surface area contributed by atoms with Crippen molar-refractivity contribution in [1.29, 1.82) is 0 Å². The largest absolute Gasteiger partial charge is 0.370 e. The number of H-pyrrole nitrogens is 1. The zero-order chi connectivity index (χ0) is 13.2. The Morgan fingerprint density at radius 2 is 2.16 bits per heavy atom. The third-order valence-electron chi connectivity index (χ3n) is 3.29. The maximum atomic E-state index is 13.4. The van der Waals surface area contributed by atoms with Crippen LogP contribution in [-0.4, -0.2) is 16.5 Å². The Balaban J connectivity index is 2.20. The van der Waals surface area contributed by atoms with Crippen molar-refractivity contribution in [2.45, 2.75) is 19.3 Å². The number of benzene rings is 1. The van der Waals surface area contributed by atoms with Crippen molar-refractivity contribution in [1.82, 2.24) is 9.97 Å². The molecule has 2 N–H and O–H groups in total. The SMILES string of the molecule is Fc1cccc(-c2[nH]c(=S)nc3c2CCCCN3)c1. The van der Waals surface area contributed by atoms with Gasteiger partial charge < -0.3 is 10.3 Å².